The number of ketones is 1. The third-order valence-electron chi connectivity index (χ3n) is 5.85. The summed E-state index contributed by atoms with van der Waals surface area (Å²) in [6.45, 7) is 1.40. The summed E-state index contributed by atoms with van der Waals surface area (Å²) in [5.74, 6) is -3.98. The smallest absolute Gasteiger partial charge is 0.341 e. The number of hydrogen-bond acceptors (Lipinski definition) is 6. The van der Waals surface area contributed by atoms with Gasteiger partial charge < -0.3 is 26.0 Å². The van der Waals surface area contributed by atoms with Crippen molar-refractivity contribution in [2.75, 3.05) is 30.3 Å². The van der Waals surface area contributed by atoms with Crippen molar-refractivity contribution in [3.63, 3.8) is 0 Å². The third kappa shape index (κ3) is 2.70. The van der Waals surface area contributed by atoms with Gasteiger partial charge in [0.15, 0.2) is 17.4 Å². The number of carboxylic acids is 1. The maximum atomic E-state index is 15.6. The summed E-state index contributed by atoms with van der Waals surface area (Å²) in [6.07, 6.45) is 2.40. The molecule has 1 aliphatic heterocycles. The molecular weight excluding hydrogens is 386 g/mol. The maximum absolute atomic E-state index is 15.6. The van der Waals surface area contributed by atoms with Crippen molar-refractivity contribution in [2.45, 2.75) is 25.8 Å². The molecule has 154 valence electrons. The van der Waals surface area contributed by atoms with Gasteiger partial charge in [-0.25, -0.2) is 13.6 Å². The number of aromatic nitrogens is 1. The lowest BCUT2D eigenvalue weighted by atomic mass is 9.89. The summed E-state index contributed by atoms with van der Waals surface area (Å²) in [6, 6.07) is -0.210. The molecule has 10 heteroatoms. The van der Waals surface area contributed by atoms with Crippen LogP contribution < -0.4 is 21.8 Å². The fourth-order valence-electron chi connectivity index (χ4n) is 3.89. The van der Waals surface area contributed by atoms with Crippen LogP contribution in [0.15, 0.2) is 11.0 Å². The highest BCUT2D eigenvalue weighted by Gasteiger charge is 2.43. The number of pyridine rings is 1. The van der Waals surface area contributed by atoms with Crippen molar-refractivity contribution in [3.8, 4) is 0 Å². The number of nitrogens with zero attached hydrogens (tertiary/aromatic N) is 2. The highest BCUT2D eigenvalue weighted by Crippen LogP contribution is 2.43. The van der Waals surface area contributed by atoms with Crippen molar-refractivity contribution < 1.29 is 23.5 Å². The Morgan fingerprint density at radius 2 is 1.97 bits per heavy atom. The monoisotopic (exact) mass is 406 g/mol. The normalized spacial score (nSPS) is 21.9. The molecule has 1 unspecified atom stereocenters. The van der Waals surface area contributed by atoms with E-state index in [-0.39, 0.29) is 37.0 Å². The Labute approximate surface area is 163 Å². The number of benzene rings is 1. The predicted octanol–water partition coefficient (Wildman–Crippen LogP) is 1.25. The Balaban J connectivity index is 2.04. The quantitative estimate of drug-likeness (QED) is 0.651. The van der Waals surface area contributed by atoms with Crippen LogP contribution in [0.3, 0.4) is 0 Å². The Hall–Kier alpha value is -3.01. The van der Waals surface area contributed by atoms with Gasteiger partial charge in [-0.1, -0.05) is 0 Å². The summed E-state index contributed by atoms with van der Waals surface area (Å²) < 4.78 is 32.1. The Morgan fingerprint density at radius 1 is 1.31 bits per heavy atom. The molecule has 2 aromatic rings. The molecule has 2 heterocycles. The molecule has 29 heavy (non-hydrogen) atoms. The molecule has 4 rings (SSSR count). The number of Topliss-reactive ketones (excluding diaryl/α,β-unsaturated/α-hetero) is 1. The first kappa shape index (κ1) is 19.3. The van der Waals surface area contributed by atoms with Crippen LogP contribution in [0.4, 0.5) is 20.2 Å². The minimum Gasteiger partial charge on any atom is -0.477 e. The van der Waals surface area contributed by atoms with E-state index in [1.165, 1.54) is 9.47 Å². The van der Waals surface area contributed by atoms with Gasteiger partial charge in [-0.15, -0.1) is 0 Å². The fourth-order valence-corrected chi connectivity index (χ4v) is 3.89. The summed E-state index contributed by atoms with van der Waals surface area (Å²) in [5, 5.41) is 8.83. The van der Waals surface area contributed by atoms with E-state index in [9.17, 15) is 19.5 Å². The zero-order valence-corrected chi connectivity index (χ0v) is 15.7. The number of nitrogen functional groups attached to an aromatic ring is 1. The Bertz CT molecular complexity index is 1140. The Kier molecular flexibility index (Phi) is 4.16. The molecule has 1 saturated heterocycles. The zero-order chi connectivity index (χ0) is 21.2. The number of hydrogen-bond donors (Lipinski definition) is 3. The summed E-state index contributed by atoms with van der Waals surface area (Å²) in [4.78, 5) is 37.7. The first-order valence-corrected chi connectivity index (χ1v) is 9.17. The topological polar surface area (TPSA) is 132 Å². The summed E-state index contributed by atoms with van der Waals surface area (Å²) in [7, 11) is 0. The van der Waals surface area contributed by atoms with Crippen molar-refractivity contribution in [1.29, 1.82) is 0 Å². The maximum Gasteiger partial charge on any atom is 0.341 e. The van der Waals surface area contributed by atoms with E-state index in [1.54, 1.807) is 6.92 Å². The van der Waals surface area contributed by atoms with Gasteiger partial charge in [0.1, 0.15) is 11.3 Å². The number of fused-ring (bicyclic) bond motifs is 1. The minimum absolute atomic E-state index is 0.00197. The van der Waals surface area contributed by atoms with Gasteiger partial charge in [-0.05, 0) is 19.8 Å². The predicted molar refractivity (Wildman–Crippen MR) is 102 cm³/mol. The van der Waals surface area contributed by atoms with Crippen LogP contribution >= 0.6 is 0 Å². The SMILES string of the molecule is CC1(CN)CN(c2c(F)c(N)c3c(=O)c(C(=O)O)cn(C4CC4)c3c2F)CC1=O. The van der Waals surface area contributed by atoms with E-state index in [1.807, 2.05) is 0 Å². The van der Waals surface area contributed by atoms with E-state index in [0.717, 1.165) is 6.20 Å². The van der Waals surface area contributed by atoms with Crippen molar-refractivity contribution >= 4 is 34.0 Å². The van der Waals surface area contributed by atoms with Crippen LogP contribution in [0.5, 0.6) is 0 Å². The molecule has 1 saturated carbocycles. The molecule has 1 aromatic heterocycles. The van der Waals surface area contributed by atoms with Crippen LogP contribution in [0.2, 0.25) is 0 Å². The molecule has 0 bridgehead atoms. The lowest BCUT2D eigenvalue weighted by Gasteiger charge is -2.25. The molecule has 1 aliphatic carbocycles. The molecule has 0 amide bonds. The molecule has 8 nitrogen and oxygen atoms in total. The van der Waals surface area contributed by atoms with Gasteiger partial charge in [-0.3, -0.25) is 9.59 Å². The number of rotatable bonds is 4. The van der Waals surface area contributed by atoms with Gasteiger partial charge in [0.2, 0.25) is 5.43 Å². The van der Waals surface area contributed by atoms with Crippen molar-refractivity contribution in [1.82, 2.24) is 4.57 Å². The third-order valence-corrected chi connectivity index (χ3v) is 5.85. The average Bonchev–Trinajstić information content (AvgIpc) is 3.46. The van der Waals surface area contributed by atoms with Gasteiger partial charge in [0, 0.05) is 25.3 Å². The molecule has 2 aliphatic rings. The largest absolute Gasteiger partial charge is 0.477 e. The van der Waals surface area contributed by atoms with E-state index in [4.69, 9.17) is 11.5 Å². The number of carbonyl (C=O) groups is 2. The van der Waals surface area contributed by atoms with E-state index in [2.05, 4.69) is 0 Å². The number of nitrogens with two attached hydrogens (primary N) is 2. The molecule has 1 atom stereocenters. The van der Waals surface area contributed by atoms with Gasteiger partial charge in [0.25, 0.3) is 0 Å². The molecule has 0 spiro atoms. The highest BCUT2D eigenvalue weighted by molar-refractivity contribution is 6.01. The second-order valence-electron chi connectivity index (χ2n) is 7.97. The van der Waals surface area contributed by atoms with Crippen LogP contribution in [0.1, 0.15) is 36.2 Å². The molecule has 5 N–H and O–H groups in total. The first-order valence-electron chi connectivity index (χ1n) is 9.17. The number of carbonyl (C=O) groups excluding carboxylic acids is 1. The molecule has 1 aromatic carbocycles. The molecule has 0 radical (unpaired) electrons. The van der Waals surface area contributed by atoms with Crippen LogP contribution in [0, 0.1) is 17.0 Å². The van der Waals surface area contributed by atoms with Gasteiger partial charge in [-0.2, -0.15) is 0 Å². The minimum atomic E-state index is -1.50. The van der Waals surface area contributed by atoms with Crippen molar-refractivity contribution in [2.24, 2.45) is 11.1 Å². The highest BCUT2D eigenvalue weighted by atomic mass is 19.1. The number of aromatic carboxylic acids is 1. The lowest BCUT2D eigenvalue weighted by Crippen LogP contribution is -2.35. The van der Waals surface area contributed by atoms with E-state index in [0.29, 0.717) is 12.8 Å². The van der Waals surface area contributed by atoms with Crippen LogP contribution in [-0.2, 0) is 4.79 Å². The standard InChI is InChI=1S/C19H20F2N4O4/c1-19(6-22)7-24(5-10(19)26)16-12(20)14(23)11-15(13(16)21)25(8-2-3-8)4-9(17(11)27)18(28)29/h4,8H,2-3,5-7,22-23H2,1H3,(H,28,29). The molecular formula is C19H20F2N4O4. The van der Waals surface area contributed by atoms with E-state index >= 15 is 8.78 Å². The summed E-state index contributed by atoms with van der Waals surface area (Å²) >= 11 is 0. The van der Waals surface area contributed by atoms with Crippen LogP contribution in [0.25, 0.3) is 10.9 Å². The van der Waals surface area contributed by atoms with Gasteiger partial charge >= 0.3 is 5.97 Å². The number of carboxylic acid groups (broad SMARTS) is 1. The lowest BCUT2D eigenvalue weighted by molar-refractivity contribution is -0.123. The number of anilines is 2. The Morgan fingerprint density at radius 3 is 2.48 bits per heavy atom. The number of halogens is 2. The second-order valence-corrected chi connectivity index (χ2v) is 7.97. The second kappa shape index (κ2) is 6.24. The van der Waals surface area contributed by atoms with Crippen LogP contribution in [-0.4, -0.2) is 41.1 Å². The summed E-state index contributed by atoms with van der Waals surface area (Å²) in [5.41, 5.74) is 7.56. The molecule has 2 fully saturated rings. The zero-order valence-electron chi connectivity index (χ0n) is 15.7. The average molecular weight is 406 g/mol. The first-order chi connectivity index (χ1) is 13.6. The fraction of sp³-hybridized carbons (Fsp3) is 0.421. The van der Waals surface area contributed by atoms with Crippen molar-refractivity contribution in [3.05, 3.63) is 33.6 Å². The van der Waals surface area contributed by atoms with Gasteiger partial charge in [0.05, 0.1) is 28.6 Å². The van der Waals surface area contributed by atoms with E-state index < -0.39 is 50.8 Å².